The summed E-state index contributed by atoms with van der Waals surface area (Å²) in [7, 11) is -3.48. The van der Waals surface area contributed by atoms with E-state index >= 15 is 0 Å². The van der Waals surface area contributed by atoms with Crippen molar-refractivity contribution in [1.82, 2.24) is 10.0 Å². The van der Waals surface area contributed by atoms with Crippen LogP contribution >= 0.6 is 27.3 Å². The molecule has 0 saturated carbocycles. The summed E-state index contributed by atoms with van der Waals surface area (Å²) in [4.78, 5) is 1.35. The average molecular weight is 397 g/mol. The van der Waals surface area contributed by atoms with Gasteiger partial charge >= 0.3 is 0 Å². The molecule has 1 unspecified atom stereocenters. The van der Waals surface area contributed by atoms with Gasteiger partial charge in [-0.3, -0.25) is 0 Å². The maximum Gasteiger partial charge on any atom is 0.242 e. The van der Waals surface area contributed by atoms with Crippen LogP contribution in [0.3, 0.4) is 0 Å². The molecular formula is C14H25BrN2O2S2. The second kappa shape index (κ2) is 8.06. The van der Waals surface area contributed by atoms with Crippen molar-refractivity contribution in [2.24, 2.45) is 5.92 Å². The fraction of sp³-hybridized carbons (Fsp3) is 0.714. The molecule has 1 atom stereocenters. The number of thiophene rings is 1. The first-order valence-electron chi connectivity index (χ1n) is 7.21. The first kappa shape index (κ1) is 19.1. The molecule has 0 spiro atoms. The Morgan fingerprint density at radius 3 is 2.38 bits per heavy atom. The second-order valence-corrected chi connectivity index (χ2v) is 9.90. The van der Waals surface area contributed by atoms with E-state index in [4.69, 9.17) is 0 Å². The topological polar surface area (TPSA) is 58.2 Å². The summed E-state index contributed by atoms with van der Waals surface area (Å²) in [6.45, 7) is 10.9. The van der Waals surface area contributed by atoms with Gasteiger partial charge in [0.05, 0.1) is 3.79 Å². The summed E-state index contributed by atoms with van der Waals surface area (Å²) in [5.74, 6) is 0.268. The number of hydrogen-bond acceptors (Lipinski definition) is 4. The fourth-order valence-electron chi connectivity index (χ4n) is 1.93. The molecule has 21 heavy (non-hydrogen) atoms. The van der Waals surface area contributed by atoms with Crippen LogP contribution in [0, 0.1) is 5.92 Å². The van der Waals surface area contributed by atoms with Crippen LogP contribution < -0.4 is 10.0 Å². The third-order valence-corrected chi connectivity index (χ3v) is 6.97. The lowest BCUT2D eigenvalue weighted by Gasteiger charge is -2.20. The van der Waals surface area contributed by atoms with Gasteiger partial charge in [-0.15, -0.1) is 11.3 Å². The molecule has 0 fully saturated rings. The van der Waals surface area contributed by atoms with Crippen LogP contribution in [-0.4, -0.2) is 20.5 Å². The van der Waals surface area contributed by atoms with Crippen molar-refractivity contribution in [3.63, 3.8) is 0 Å². The van der Waals surface area contributed by atoms with Crippen LogP contribution in [0.1, 0.15) is 45.9 Å². The maximum absolute atomic E-state index is 12.5. The van der Waals surface area contributed by atoms with E-state index in [0.29, 0.717) is 21.3 Å². The average Bonchev–Trinajstić information content (AvgIpc) is 2.75. The Balaban J connectivity index is 2.93. The van der Waals surface area contributed by atoms with Gasteiger partial charge in [0.1, 0.15) is 4.90 Å². The van der Waals surface area contributed by atoms with Crippen molar-refractivity contribution in [1.29, 1.82) is 0 Å². The van der Waals surface area contributed by atoms with Crippen LogP contribution in [0.2, 0.25) is 0 Å². The van der Waals surface area contributed by atoms with Gasteiger partial charge in [-0.2, -0.15) is 0 Å². The summed E-state index contributed by atoms with van der Waals surface area (Å²) in [6.07, 6.45) is 0.778. The van der Waals surface area contributed by atoms with Gasteiger partial charge in [0.2, 0.25) is 10.0 Å². The van der Waals surface area contributed by atoms with Gasteiger partial charge in [0.15, 0.2) is 0 Å². The molecule has 0 amide bonds. The highest BCUT2D eigenvalue weighted by Gasteiger charge is 2.25. The van der Waals surface area contributed by atoms with E-state index in [2.05, 4.69) is 39.8 Å². The Morgan fingerprint density at radius 2 is 1.90 bits per heavy atom. The number of sulfonamides is 1. The zero-order valence-corrected chi connectivity index (χ0v) is 16.5. The summed E-state index contributed by atoms with van der Waals surface area (Å²) in [5.41, 5.74) is 0. The number of hydrogen-bond donors (Lipinski definition) is 2. The molecule has 1 aromatic rings. The Labute approximate surface area is 140 Å². The van der Waals surface area contributed by atoms with Crippen LogP contribution in [0.5, 0.6) is 0 Å². The van der Waals surface area contributed by atoms with Crippen molar-refractivity contribution in [2.75, 3.05) is 0 Å². The van der Waals surface area contributed by atoms with Gasteiger partial charge in [-0.05, 0) is 34.3 Å². The molecule has 0 aromatic carbocycles. The Morgan fingerprint density at radius 1 is 1.29 bits per heavy atom. The minimum atomic E-state index is -3.48. The highest BCUT2D eigenvalue weighted by Crippen LogP contribution is 2.32. The van der Waals surface area contributed by atoms with Crippen molar-refractivity contribution >= 4 is 37.3 Å². The lowest BCUT2D eigenvalue weighted by Crippen LogP contribution is -2.37. The highest BCUT2D eigenvalue weighted by atomic mass is 79.9. The zero-order chi connectivity index (χ0) is 16.2. The van der Waals surface area contributed by atoms with Crippen LogP contribution in [0.25, 0.3) is 0 Å². The first-order valence-corrected chi connectivity index (χ1v) is 10.3. The smallest absolute Gasteiger partial charge is 0.242 e. The van der Waals surface area contributed by atoms with E-state index in [1.54, 1.807) is 6.07 Å². The second-order valence-electron chi connectivity index (χ2n) is 5.77. The summed E-state index contributed by atoms with van der Waals surface area (Å²) in [6, 6.07) is 2.08. The zero-order valence-electron chi connectivity index (χ0n) is 13.2. The lowest BCUT2D eigenvalue weighted by atomic mass is 10.0. The summed E-state index contributed by atoms with van der Waals surface area (Å²) < 4.78 is 28.5. The van der Waals surface area contributed by atoms with Crippen LogP contribution in [0.4, 0.5) is 0 Å². The number of halogens is 1. The Hall–Kier alpha value is 0.0500. The third-order valence-electron chi connectivity index (χ3n) is 3.23. The van der Waals surface area contributed by atoms with E-state index in [1.165, 1.54) is 11.3 Å². The molecule has 0 bridgehead atoms. The van der Waals surface area contributed by atoms with Gasteiger partial charge in [-0.25, -0.2) is 13.1 Å². The quantitative estimate of drug-likeness (QED) is 0.703. The van der Waals surface area contributed by atoms with Gasteiger partial charge < -0.3 is 5.32 Å². The van der Waals surface area contributed by atoms with E-state index in [-0.39, 0.29) is 12.0 Å². The van der Waals surface area contributed by atoms with E-state index in [0.717, 1.165) is 11.3 Å². The van der Waals surface area contributed by atoms with Crippen molar-refractivity contribution < 1.29 is 8.42 Å². The van der Waals surface area contributed by atoms with Crippen LogP contribution in [0.15, 0.2) is 14.7 Å². The van der Waals surface area contributed by atoms with E-state index in [9.17, 15) is 8.42 Å². The SMILES string of the molecule is CCC(NS(=O)(=O)c1cc(CNC(C)C)sc1Br)C(C)C. The van der Waals surface area contributed by atoms with Gasteiger partial charge in [-0.1, -0.05) is 34.6 Å². The number of rotatable bonds is 8. The molecule has 1 aromatic heterocycles. The Bertz CT molecular complexity index is 553. The van der Waals surface area contributed by atoms with Crippen molar-refractivity contribution in [2.45, 2.75) is 64.6 Å². The molecule has 122 valence electrons. The van der Waals surface area contributed by atoms with E-state index < -0.39 is 10.0 Å². The molecule has 0 aliphatic heterocycles. The Kier molecular flexibility index (Phi) is 7.33. The molecule has 0 saturated heterocycles. The molecular weight excluding hydrogens is 372 g/mol. The monoisotopic (exact) mass is 396 g/mol. The van der Waals surface area contributed by atoms with Crippen molar-refractivity contribution in [3.05, 3.63) is 14.7 Å². The summed E-state index contributed by atoms with van der Waals surface area (Å²) in [5, 5.41) is 3.30. The predicted octanol–water partition coefficient (Wildman–Crippen LogP) is 3.72. The third kappa shape index (κ3) is 5.63. The number of nitrogens with one attached hydrogen (secondary N) is 2. The minimum Gasteiger partial charge on any atom is -0.310 e. The van der Waals surface area contributed by atoms with Gasteiger partial charge in [0, 0.05) is 23.5 Å². The predicted molar refractivity (Wildman–Crippen MR) is 93.2 cm³/mol. The van der Waals surface area contributed by atoms with Gasteiger partial charge in [0.25, 0.3) is 0 Å². The highest BCUT2D eigenvalue weighted by molar-refractivity contribution is 9.11. The molecule has 2 N–H and O–H groups in total. The maximum atomic E-state index is 12.5. The summed E-state index contributed by atoms with van der Waals surface area (Å²) >= 11 is 4.84. The molecule has 7 heteroatoms. The van der Waals surface area contributed by atoms with Crippen molar-refractivity contribution in [3.8, 4) is 0 Å². The molecule has 1 rings (SSSR count). The fourth-order valence-corrected chi connectivity index (χ4v) is 6.03. The molecule has 4 nitrogen and oxygen atoms in total. The first-order chi connectivity index (χ1) is 9.67. The van der Waals surface area contributed by atoms with E-state index in [1.807, 2.05) is 20.8 Å². The molecule has 0 aliphatic carbocycles. The van der Waals surface area contributed by atoms with Crippen LogP contribution in [-0.2, 0) is 16.6 Å². The minimum absolute atomic E-state index is 0.0426. The molecule has 1 heterocycles. The normalized spacial score (nSPS) is 14.1. The molecule has 0 radical (unpaired) electrons. The molecule has 0 aliphatic rings. The largest absolute Gasteiger partial charge is 0.310 e. The standard InChI is InChI=1S/C14H25BrN2O2S2/c1-6-12(9(2)3)17-21(18,19)13-7-11(20-14(13)15)8-16-10(4)5/h7,9-10,12,16-17H,6,8H2,1-5H3. The lowest BCUT2D eigenvalue weighted by molar-refractivity contribution is 0.437.